The molecule has 0 amide bonds. The van der Waals surface area contributed by atoms with Crippen LogP contribution in [0.25, 0.3) is 0 Å². The van der Waals surface area contributed by atoms with Crippen molar-refractivity contribution >= 4 is 19.1 Å². The molecule has 1 heterocycles. The Kier molecular flexibility index (Phi) is 6.52. The number of hydrogen-bond donors (Lipinski definition) is 0. The smallest absolute Gasteiger partial charge is 0.493 e. The molecule has 0 unspecified atom stereocenters. The quantitative estimate of drug-likeness (QED) is 0.584. The Hall–Kier alpha value is -1.53. The first kappa shape index (κ1) is 19.8. The molecule has 1 aliphatic carbocycles. The lowest BCUT2D eigenvalue weighted by molar-refractivity contribution is -0.128. The standard InChI is InChI=1S/C16H23BO3.C3H6O2/c1-15(2)16(3,4)20-17(19-15)13-7-9-14(10-8-13)18-11-12-5-6-12;1-2-5-3-4/h7-10,12H,5-6,11H2,1-4H3;3H,2H2,1H3. The third-order valence-electron chi connectivity index (χ3n) is 4.82. The van der Waals surface area contributed by atoms with Crippen LogP contribution in [0.1, 0.15) is 47.5 Å². The van der Waals surface area contributed by atoms with Gasteiger partial charge < -0.3 is 18.8 Å². The monoisotopic (exact) mass is 348 g/mol. The van der Waals surface area contributed by atoms with Gasteiger partial charge in [-0.3, -0.25) is 4.79 Å². The average molecular weight is 348 g/mol. The molecule has 1 saturated heterocycles. The lowest BCUT2D eigenvalue weighted by Crippen LogP contribution is -2.41. The first-order chi connectivity index (χ1) is 11.8. The molecule has 0 aromatic heterocycles. The van der Waals surface area contributed by atoms with Crippen molar-refractivity contribution in [1.29, 1.82) is 0 Å². The van der Waals surface area contributed by atoms with E-state index in [4.69, 9.17) is 14.0 Å². The summed E-state index contributed by atoms with van der Waals surface area (Å²) in [6.07, 6.45) is 2.62. The maximum absolute atomic E-state index is 9.18. The lowest BCUT2D eigenvalue weighted by atomic mass is 9.79. The van der Waals surface area contributed by atoms with Gasteiger partial charge in [0.2, 0.25) is 0 Å². The summed E-state index contributed by atoms with van der Waals surface area (Å²) in [6.45, 7) is 11.8. The summed E-state index contributed by atoms with van der Waals surface area (Å²) >= 11 is 0. The van der Waals surface area contributed by atoms with E-state index >= 15 is 0 Å². The van der Waals surface area contributed by atoms with Gasteiger partial charge >= 0.3 is 7.12 Å². The third kappa shape index (κ3) is 5.48. The first-order valence-corrected chi connectivity index (χ1v) is 8.92. The van der Waals surface area contributed by atoms with Gasteiger partial charge in [0.15, 0.2) is 0 Å². The predicted molar refractivity (Wildman–Crippen MR) is 98.1 cm³/mol. The van der Waals surface area contributed by atoms with Crippen molar-refractivity contribution in [3.8, 4) is 5.75 Å². The molecule has 1 aromatic rings. The summed E-state index contributed by atoms with van der Waals surface area (Å²) < 4.78 is 22.0. The highest BCUT2D eigenvalue weighted by Crippen LogP contribution is 2.36. The summed E-state index contributed by atoms with van der Waals surface area (Å²) in [4.78, 5) is 9.18. The van der Waals surface area contributed by atoms with Crippen LogP contribution in [0.2, 0.25) is 0 Å². The zero-order valence-corrected chi connectivity index (χ0v) is 15.9. The van der Waals surface area contributed by atoms with Crippen LogP contribution in [0.5, 0.6) is 5.75 Å². The van der Waals surface area contributed by atoms with Gasteiger partial charge in [0.1, 0.15) is 5.75 Å². The molecule has 138 valence electrons. The molecule has 2 aliphatic rings. The molecule has 1 aliphatic heterocycles. The van der Waals surface area contributed by atoms with Crippen molar-refractivity contribution in [2.45, 2.75) is 58.7 Å². The van der Waals surface area contributed by atoms with Crippen molar-refractivity contribution in [3.05, 3.63) is 24.3 Å². The fourth-order valence-electron chi connectivity index (χ4n) is 2.27. The molecule has 0 spiro atoms. The summed E-state index contributed by atoms with van der Waals surface area (Å²) in [5, 5.41) is 0. The molecule has 0 bridgehead atoms. The van der Waals surface area contributed by atoms with E-state index in [1.54, 1.807) is 6.92 Å². The molecule has 25 heavy (non-hydrogen) atoms. The van der Waals surface area contributed by atoms with E-state index in [-0.39, 0.29) is 18.3 Å². The number of benzene rings is 1. The Morgan fingerprint density at radius 2 is 1.68 bits per heavy atom. The number of carbonyl (C=O) groups is 1. The fourth-order valence-corrected chi connectivity index (χ4v) is 2.27. The van der Waals surface area contributed by atoms with E-state index in [0.717, 1.165) is 23.7 Å². The zero-order valence-electron chi connectivity index (χ0n) is 15.9. The van der Waals surface area contributed by atoms with Crippen LogP contribution in [0.4, 0.5) is 0 Å². The Balaban J connectivity index is 0.000000399. The normalized spacial score (nSPS) is 20.4. The van der Waals surface area contributed by atoms with Gasteiger partial charge in [-0.25, -0.2) is 0 Å². The van der Waals surface area contributed by atoms with E-state index < -0.39 is 0 Å². The maximum atomic E-state index is 9.18. The van der Waals surface area contributed by atoms with Crippen LogP contribution in [0, 0.1) is 5.92 Å². The molecular weight excluding hydrogens is 319 g/mol. The SMILES string of the molecule is CC1(C)OB(c2ccc(OCC3CC3)cc2)OC1(C)C.CCOC=O. The van der Waals surface area contributed by atoms with E-state index in [1.165, 1.54) is 12.8 Å². The maximum Gasteiger partial charge on any atom is 0.494 e. The molecule has 6 heteroatoms. The first-order valence-electron chi connectivity index (χ1n) is 8.92. The predicted octanol–water partition coefficient (Wildman–Crippen LogP) is 2.95. The molecule has 2 fully saturated rings. The zero-order chi connectivity index (χ0) is 18.5. The minimum absolute atomic E-state index is 0.293. The van der Waals surface area contributed by atoms with E-state index in [0.29, 0.717) is 13.1 Å². The topological polar surface area (TPSA) is 54.0 Å². The number of ether oxygens (including phenoxy) is 2. The summed E-state index contributed by atoms with van der Waals surface area (Å²) in [5.41, 5.74) is 0.458. The Morgan fingerprint density at radius 3 is 2.08 bits per heavy atom. The van der Waals surface area contributed by atoms with Gasteiger partial charge in [-0.1, -0.05) is 12.1 Å². The van der Waals surface area contributed by atoms with Gasteiger partial charge in [0.25, 0.3) is 6.47 Å². The second kappa shape index (κ2) is 8.24. The molecule has 5 nitrogen and oxygen atoms in total. The number of rotatable bonds is 6. The van der Waals surface area contributed by atoms with E-state index in [2.05, 4.69) is 32.4 Å². The van der Waals surface area contributed by atoms with Crippen LogP contribution in [0.3, 0.4) is 0 Å². The Bertz CT molecular complexity index is 535. The Morgan fingerprint density at radius 1 is 1.12 bits per heavy atom. The van der Waals surface area contributed by atoms with Gasteiger partial charge in [-0.05, 0) is 71.0 Å². The molecule has 1 aromatic carbocycles. The molecule has 0 radical (unpaired) electrons. The van der Waals surface area contributed by atoms with Crippen LogP contribution in [-0.2, 0) is 18.8 Å². The minimum Gasteiger partial charge on any atom is -0.493 e. The van der Waals surface area contributed by atoms with E-state index in [9.17, 15) is 4.79 Å². The minimum atomic E-state index is -0.294. The molecule has 1 saturated carbocycles. The second-order valence-electron chi connectivity index (χ2n) is 7.46. The van der Waals surface area contributed by atoms with Crippen molar-refractivity contribution in [1.82, 2.24) is 0 Å². The number of carbonyl (C=O) groups excluding carboxylic acids is 1. The molecule has 0 N–H and O–H groups in total. The van der Waals surface area contributed by atoms with Gasteiger partial charge in [0.05, 0.1) is 24.4 Å². The third-order valence-corrected chi connectivity index (χ3v) is 4.82. The van der Waals surface area contributed by atoms with Crippen molar-refractivity contribution in [3.63, 3.8) is 0 Å². The Labute approximate surface area is 151 Å². The fraction of sp³-hybridized carbons (Fsp3) is 0.632. The average Bonchev–Trinajstić information content (AvgIpc) is 3.34. The molecule has 0 atom stereocenters. The van der Waals surface area contributed by atoms with Crippen LogP contribution in [-0.4, -0.2) is 38.0 Å². The van der Waals surface area contributed by atoms with Gasteiger partial charge in [-0.15, -0.1) is 0 Å². The summed E-state index contributed by atoms with van der Waals surface area (Å²) in [7, 11) is -0.294. The highest BCUT2D eigenvalue weighted by atomic mass is 16.7. The highest BCUT2D eigenvalue weighted by molar-refractivity contribution is 6.62. The van der Waals surface area contributed by atoms with Crippen LogP contribution < -0.4 is 10.2 Å². The number of hydrogen-bond acceptors (Lipinski definition) is 5. The molecular formula is C19H29BO5. The highest BCUT2D eigenvalue weighted by Gasteiger charge is 2.51. The largest absolute Gasteiger partial charge is 0.494 e. The lowest BCUT2D eigenvalue weighted by Gasteiger charge is -2.32. The summed E-state index contributed by atoms with van der Waals surface area (Å²) in [5.74, 6) is 1.70. The second-order valence-corrected chi connectivity index (χ2v) is 7.46. The van der Waals surface area contributed by atoms with Crippen LogP contribution in [0.15, 0.2) is 24.3 Å². The van der Waals surface area contributed by atoms with Gasteiger partial charge in [0, 0.05) is 0 Å². The van der Waals surface area contributed by atoms with Crippen LogP contribution >= 0.6 is 0 Å². The van der Waals surface area contributed by atoms with Crippen molar-refractivity contribution < 1.29 is 23.6 Å². The van der Waals surface area contributed by atoms with Gasteiger partial charge in [-0.2, -0.15) is 0 Å². The van der Waals surface area contributed by atoms with Crippen molar-refractivity contribution in [2.75, 3.05) is 13.2 Å². The summed E-state index contributed by atoms with van der Waals surface area (Å²) in [6, 6.07) is 8.07. The van der Waals surface area contributed by atoms with Crippen molar-refractivity contribution in [2.24, 2.45) is 5.92 Å². The molecule has 3 rings (SSSR count). The van der Waals surface area contributed by atoms with E-state index in [1.807, 2.05) is 24.3 Å².